The predicted molar refractivity (Wildman–Crippen MR) is 63.4 cm³/mol. The van der Waals surface area contributed by atoms with Crippen LogP contribution in [-0.4, -0.2) is 23.3 Å². The van der Waals surface area contributed by atoms with E-state index in [1.807, 2.05) is 0 Å². The molecule has 0 saturated heterocycles. The van der Waals surface area contributed by atoms with Gasteiger partial charge in [-0.05, 0) is 17.7 Å². The maximum atomic E-state index is 11.4. The second-order valence-corrected chi connectivity index (χ2v) is 4.00. The molecule has 18 heavy (non-hydrogen) atoms. The van der Waals surface area contributed by atoms with Crippen LogP contribution in [0.5, 0.6) is 0 Å². The van der Waals surface area contributed by atoms with Gasteiger partial charge in [0, 0.05) is 5.02 Å². The van der Waals surface area contributed by atoms with Gasteiger partial charge in [-0.2, -0.15) is 0 Å². The second-order valence-electron chi connectivity index (χ2n) is 3.56. The van der Waals surface area contributed by atoms with Crippen molar-refractivity contribution >= 4 is 17.6 Å². The number of aliphatic hydroxyl groups excluding tert-OH is 1. The Bertz CT molecular complexity index is 549. The molecule has 1 heterocycles. The molecule has 1 unspecified atom stereocenters. The van der Waals surface area contributed by atoms with E-state index in [0.717, 1.165) is 6.26 Å². The molecule has 1 atom stereocenters. The lowest BCUT2D eigenvalue weighted by Crippen LogP contribution is -2.08. The lowest BCUT2D eigenvalue weighted by atomic mass is 10.0. The lowest BCUT2D eigenvalue weighted by molar-refractivity contribution is 0.0595. The lowest BCUT2D eigenvalue weighted by Gasteiger charge is -2.09. The van der Waals surface area contributed by atoms with E-state index < -0.39 is 12.1 Å². The van der Waals surface area contributed by atoms with Crippen molar-refractivity contribution in [2.24, 2.45) is 0 Å². The summed E-state index contributed by atoms with van der Waals surface area (Å²) < 4.78 is 9.27. The number of rotatable bonds is 3. The smallest absolute Gasteiger partial charge is 0.343 e. The van der Waals surface area contributed by atoms with Crippen molar-refractivity contribution in [3.63, 3.8) is 0 Å². The number of halogens is 1. The van der Waals surface area contributed by atoms with Crippen LogP contribution in [0.2, 0.25) is 5.02 Å². The molecule has 0 spiro atoms. The summed E-state index contributed by atoms with van der Waals surface area (Å²) in [6, 6.07) is 6.56. The summed E-state index contributed by atoms with van der Waals surface area (Å²) in [6.07, 6.45) is 0.0652. The van der Waals surface area contributed by atoms with Gasteiger partial charge in [0.25, 0.3) is 0 Å². The number of benzene rings is 1. The van der Waals surface area contributed by atoms with E-state index in [1.165, 1.54) is 7.11 Å². The number of carbonyl (C=O) groups excluding carboxylic acids is 1. The normalized spacial score (nSPS) is 12.2. The van der Waals surface area contributed by atoms with E-state index in [-0.39, 0.29) is 11.3 Å². The summed E-state index contributed by atoms with van der Waals surface area (Å²) in [4.78, 5) is 11.4. The Kier molecular flexibility index (Phi) is 3.64. The number of aliphatic hydroxyl groups is 1. The van der Waals surface area contributed by atoms with Crippen molar-refractivity contribution in [2.45, 2.75) is 6.10 Å². The van der Waals surface area contributed by atoms with Gasteiger partial charge in [-0.15, -0.1) is 0 Å². The molecule has 6 heteroatoms. The highest BCUT2D eigenvalue weighted by Gasteiger charge is 2.23. The molecule has 0 amide bonds. The Morgan fingerprint density at radius 2 is 2.11 bits per heavy atom. The van der Waals surface area contributed by atoms with Crippen molar-refractivity contribution in [3.8, 4) is 0 Å². The molecule has 0 saturated carbocycles. The summed E-state index contributed by atoms with van der Waals surface area (Å²) >= 11 is 5.76. The first-order valence-electron chi connectivity index (χ1n) is 5.09. The second kappa shape index (κ2) is 5.20. The molecule has 0 radical (unpaired) electrons. The number of hydrogen-bond donors (Lipinski definition) is 1. The molecule has 0 aliphatic carbocycles. The van der Waals surface area contributed by atoms with Crippen LogP contribution < -0.4 is 0 Å². The quantitative estimate of drug-likeness (QED) is 0.863. The van der Waals surface area contributed by atoms with Crippen LogP contribution in [0.25, 0.3) is 0 Å². The SMILES string of the molecule is COC(=O)c1conc1C(O)c1ccc(Cl)cc1. The molecule has 1 aromatic heterocycles. The van der Waals surface area contributed by atoms with E-state index in [2.05, 4.69) is 9.89 Å². The van der Waals surface area contributed by atoms with Crippen LogP contribution in [0, 0.1) is 0 Å². The molecule has 1 N–H and O–H groups in total. The van der Waals surface area contributed by atoms with Gasteiger partial charge in [0.15, 0.2) is 0 Å². The van der Waals surface area contributed by atoms with Crippen LogP contribution in [0.1, 0.15) is 27.7 Å². The molecular formula is C12H10ClNO4. The Morgan fingerprint density at radius 3 is 2.72 bits per heavy atom. The van der Waals surface area contributed by atoms with E-state index in [9.17, 15) is 9.90 Å². The Labute approximate surface area is 108 Å². The van der Waals surface area contributed by atoms with Crippen LogP contribution in [0.15, 0.2) is 35.1 Å². The highest BCUT2D eigenvalue weighted by atomic mass is 35.5. The topological polar surface area (TPSA) is 72.6 Å². The first-order valence-corrected chi connectivity index (χ1v) is 5.47. The zero-order valence-corrected chi connectivity index (χ0v) is 10.2. The molecule has 5 nitrogen and oxygen atoms in total. The number of hydrogen-bond acceptors (Lipinski definition) is 5. The minimum absolute atomic E-state index is 0.0972. The van der Waals surface area contributed by atoms with Crippen molar-refractivity contribution in [1.82, 2.24) is 5.16 Å². The average molecular weight is 268 g/mol. The minimum Gasteiger partial charge on any atom is -0.465 e. The van der Waals surface area contributed by atoms with Crippen LogP contribution >= 0.6 is 11.6 Å². The summed E-state index contributed by atoms with van der Waals surface area (Å²) in [7, 11) is 1.24. The third-order valence-corrected chi connectivity index (χ3v) is 2.70. The predicted octanol–water partition coefficient (Wildman–Crippen LogP) is 2.20. The molecular weight excluding hydrogens is 258 g/mol. The number of carbonyl (C=O) groups is 1. The van der Waals surface area contributed by atoms with Crippen LogP contribution in [-0.2, 0) is 4.74 Å². The number of nitrogens with zero attached hydrogens (tertiary/aromatic N) is 1. The molecule has 0 fully saturated rings. The first-order chi connectivity index (χ1) is 8.63. The van der Waals surface area contributed by atoms with Crippen molar-refractivity contribution in [1.29, 1.82) is 0 Å². The zero-order valence-electron chi connectivity index (χ0n) is 9.46. The van der Waals surface area contributed by atoms with Gasteiger partial charge in [0.1, 0.15) is 23.6 Å². The third-order valence-electron chi connectivity index (χ3n) is 2.45. The molecule has 1 aromatic carbocycles. The minimum atomic E-state index is -1.07. The maximum Gasteiger partial charge on any atom is 0.343 e. The van der Waals surface area contributed by atoms with Crippen LogP contribution in [0.3, 0.4) is 0 Å². The molecule has 94 valence electrons. The van der Waals surface area contributed by atoms with E-state index in [0.29, 0.717) is 10.6 Å². The van der Waals surface area contributed by atoms with Gasteiger partial charge in [-0.25, -0.2) is 4.79 Å². The molecule has 2 aromatic rings. The van der Waals surface area contributed by atoms with E-state index in [4.69, 9.17) is 16.1 Å². The number of esters is 1. The zero-order chi connectivity index (χ0) is 13.1. The standard InChI is InChI=1S/C12H10ClNO4/c1-17-12(16)9-6-18-14-10(9)11(15)7-2-4-8(13)5-3-7/h2-6,11,15H,1H3. The van der Waals surface area contributed by atoms with Gasteiger partial charge >= 0.3 is 5.97 Å². The van der Waals surface area contributed by atoms with Crippen molar-refractivity contribution in [3.05, 3.63) is 52.4 Å². The largest absolute Gasteiger partial charge is 0.465 e. The summed E-state index contributed by atoms with van der Waals surface area (Å²) in [6.45, 7) is 0. The number of aromatic nitrogens is 1. The third kappa shape index (κ3) is 2.37. The molecule has 2 rings (SSSR count). The van der Waals surface area contributed by atoms with Crippen molar-refractivity contribution < 1.29 is 19.2 Å². The highest BCUT2D eigenvalue weighted by molar-refractivity contribution is 6.30. The highest BCUT2D eigenvalue weighted by Crippen LogP contribution is 2.25. The summed E-state index contributed by atoms with van der Waals surface area (Å²) in [5, 5.41) is 14.3. The summed E-state index contributed by atoms with van der Waals surface area (Å²) in [5.74, 6) is -0.612. The number of ether oxygens (including phenoxy) is 1. The molecule has 0 aliphatic heterocycles. The van der Waals surface area contributed by atoms with Gasteiger partial charge in [0.2, 0.25) is 0 Å². The van der Waals surface area contributed by atoms with Gasteiger partial charge in [0.05, 0.1) is 7.11 Å². The number of methoxy groups -OCH3 is 1. The van der Waals surface area contributed by atoms with Crippen molar-refractivity contribution in [2.75, 3.05) is 7.11 Å². The Hall–Kier alpha value is -1.85. The molecule has 0 aliphatic rings. The first kappa shape index (κ1) is 12.6. The van der Waals surface area contributed by atoms with Gasteiger partial charge in [-0.3, -0.25) is 0 Å². The fourth-order valence-corrected chi connectivity index (χ4v) is 1.63. The molecule has 0 bridgehead atoms. The summed E-state index contributed by atoms with van der Waals surface area (Å²) in [5.41, 5.74) is 0.766. The fourth-order valence-electron chi connectivity index (χ4n) is 1.51. The van der Waals surface area contributed by atoms with Gasteiger partial charge in [-0.1, -0.05) is 28.9 Å². The monoisotopic (exact) mass is 267 g/mol. The van der Waals surface area contributed by atoms with E-state index in [1.54, 1.807) is 24.3 Å². The van der Waals surface area contributed by atoms with E-state index >= 15 is 0 Å². The average Bonchev–Trinajstić information content (AvgIpc) is 2.87. The maximum absolute atomic E-state index is 11.4. The van der Waals surface area contributed by atoms with Gasteiger partial charge < -0.3 is 14.4 Å². The fraction of sp³-hybridized carbons (Fsp3) is 0.167. The Morgan fingerprint density at radius 1 is 1.44 bits per heavy atom. The van der Waals surface area contributed by atoms with Crippen LogP contribution in [0.4, 0.5) is 0 Å². The Balaban J connectivity index is 2.34.